The molecule has 0 bridgehead atoms. The van der Waals surface area contributed by atoms with Gasteiger partial charge in [0, 0.05) is 37.2 Å². The number of amides is 2. The van der Waals surface area contributed by atoms with Crippen molar-refractivity contribution >= 4 is 17.5 Å². The average molecular weight is 354 g/mol. The Morgan fingerprint density at radius 2 is 2.12 bits per heavy atom. The second kappa shape index (κ2) is 6.90. The minimum Gasteiger partial charge on any atom is -0.339 e. The van der Waals surface area contributed by atoms with Gasteiger partial charge in [0.25, 0.3) is 0 Å². The molecule has 1 aromatic heterocycles. The van der Waals surface area contributed by atoms with Gasteiger partial charge in [0.05, 0.1) is 5.92 Å². The van der Waals surface area contributed by atoms with E-state index in [0.29, 0.717) is 36.4 Å². The summed E-state index contributed by atoms with van der Waals surface area (Å²) in [5.74, 6) is 0.681. The van der Waals surface area contributed by atoms with Crippen molar-refractivity contribution in [2.24, 2.45) is 5.92 Å². The standard InChI is InChI=1S/C19H22N4O3/c1-12-20-18(22-26-12)13-5-4-6-15(9-13)21-19(25)14-10-17(24)23(11-14)16-7-2-3-8-16/h4-6,9,14,16H,2-3,7-8,10-11H2,1H3,(H,21,25)/t14-/m0/s1. The molecule has 1 atom stereocenters. The van der Waals surface area contributed by atoms with E-state index in [1.54, 1.807) is 6.92 Å². The lowest BCUT2D eigenvalue weighted by atomic mass is 10.1. The van der Waals surface area contributed by atoms with Gasteiger partial charge in [-0.1, -0.05) is 30.1 Å². The minimum absolute atomic E-state index is 0.105. The van der Waals surface area contributed by atoms with Gasteiger partial charge in [-0.05, 0) is 25.0 Å². The fourth-order valence-corrected chi connectivity index (χ4v) is 3.87. The lowest BCUT2D eigenvalue weighted by Crippen LogP contribution is -2.35. The van der Waals surface area contributed by atoms with Gasteiger partial charge in [-0.2, -0.15) is 4.98 Å². The van der Waals surface area contributed by atoms with Gasteiger partial charge in [-0.15, -0.1) is 0 Å². The minimum atomic E-state index is -0.292. The summed E-state index contributed by atoms with van der Waals surface area (Å²) in [5, 5.41) is 6.83. The van der Waals surface area contributed by atoms with Crippen LogP contribution in [-0.4, -0.2) is 39.4 Å². The average Bonchev–Trinajstić information content (AvgIpc) is 3.35. The van der Waals surface area contributed by atoms with Crippen LogP contribution in [0.15, 0.2) is 28.8 Å². The Hall–Kier alpha value is -2.70. The fourth-order valence-electron chi connectivity index (χ4n) is 3.87. The van der Waals surface area contributed by atoms with Crippen LogP contribution in [0.1, 0.15) is 38.0 Å². The smallest absolute Gasteiger partial charge is 0.229 e. The molecule has 1 saturated carbocycles. The molecule has 0 unspecified atom stereocenters. The first-order chi connectivity index (χ1) is 12.6. The number of aromatic nitrogens is 2. The molecule has 0 spiro atoms. The molecule has 7 heteroatoms. The van der Waals surface area contributed by atoms with Crippen LogP contribution in [0.2, 0.25) is 0 Å². The molecule has 4 rings (SSSR count). The summed E-state index contributed by atoms with van der Waals surface area (Å²) in [5.41, 5.74) is 1.44. The fraction of sp³-hybridized carbons (Fsp3) is 0.474. The van der Waals surface area contributed by atoms with Crippen molar-refractivity contribution in [3.05, 3.63) is 30.2 Å². The number of carbonyl (C=O) groups is 2. The molecule has 2 fully saturated rings. The van der Waals surface area contributed by atoms with Crippen molar-refractivity contribution in [3.8, 4) is 11.4 Å². The van der Waals surface area contributed by atoms with E-state index in [-0.39, 0.29) is 17.7 Å². The Balaban J connectivity index is 1.43. The van der Waals surface area contributed by atoms with Crippen LogP contribution in [-0.2, 0) is 9.59 Å². The van der Waals surface area contributed by atoms with Crippen molar-refractivity contribution in [2.75, 3.05) is 11.9 Å². The number of nitrogens with zero attached hydrogens (tertiary/aromatic N) is 3. The number of likely N-dealkylation sites (tertiary alicyclic amines) is 1. The molecule has 0 radical (unpaired) electrons. The molecule has 2 aromatic rings. The second-order valence-electron chi connectivity index (χ2n) is 7.09. The first-order valence-electron chi connectivity index (χ1n) is 9.11. The zero-order valence-corrected chi connectivity index (χ0v) is 14.8. The summed E-state index contributed by atoms with van der Waals surface area (Å²) in [6.07, 6.45) is 4.77. The van der Waals surface area contributed by atoms with E-state index in [1.165, 1.54) is 12.8 Å². The quantitative estimate of drug-likeness (QED) is 0.912. The number of hydrogen-bond donors (Lipinski definition) is 1. The van der Waals surface area contributed by atoms with Crippen molar-refractivity contribution in [1.82, 2.24) is 15.0 Å². The third kappa shape index (κ3) is 3.34. The van der Waals surface area contributed by atoms with E-state index < -0.39 is 0 Å². The molecule has 2 amide bonds. The molecule has 2 aliphatic rings. The van der Waals surface area contributed by atoms with E-state index in [2.05, 4.69) is 15.5 Å². The summed E-state index contributed by atoms with van der Waals surface area (Å²) < 4.78 is 5.00. The van der Waals surface area contributed by atoms with Crippen LogP contribution in [0.5, 0.6) is 0 Å². The van der Waals surface area contributed by atoms with Crippen molar-refractivity contribution < 1.29 is 14.1 Å². The highest BCUT2D eigenvalue weighted by atomic mass is 16.5. The topological polar surface area (TPSA) is 88.3 Å². The predicted molar refractivity (Wildman–Crippen MR) is 95.2 cm³/mol. The summed E-state index contributed by atoms with van der Waals surface area (Å²) in [6.45, 7) is 2.26. The monoisotopic (exact) mass is 354 g/mol. The highest BCUT2D eigenvalue weighted by Gasteiger charge is 2.38. The van der Waals surface area contributed by atoms with Crippen LogP contribution < -0.4 is 5.32 Å². The SMILES string of the molecule is Cc1nc(-c2cccc(NC(=O)[C@H]3CC(=O)N(C4CCCC4)C3)c2)no1. The first kappa shape index (κ1) is 16.8. The van der Waals surface area contributed by atoms with Crippen LogP contribution in [0.3, 0.4) is 0 Å². The van der Waals surface area contributed by atoms with Gasteiger partial charge in [0.15, 0.2) is 0 Å². The molecular weight excluding hydrogens is 332 g/mol. The largest absolute Gasteiger partial charge is 0.339 e. The molecule has 1 aromatic carbocycles. The molecule has 1 aliphatic carbocycles. The third-order valence-electron chi connectivity index (χ3n) is 5.21. The van der Waals surface area contributed by atoms with E-state index in [9.17, 15) is 9.59 Å². The Bertz CT molecular complexity index is 826. The van der Waals surface area contributed by atoms with E-state index in [4.69, 9.17) is 4.52 Å². The maximum atomic E-state index is 12.6. The number of aryl methyl sites for hydroxylation is 1. The number of benzene rings is 1. The van der Waals surface area contributed by atoms with E-state index in [1.807, 2.05) is 29.2 Å². The number of nitrogens with one attached hydrogen (secondary N) is 1. The molecule has 136 valence electrons. The molecule has 2 heterocycles. The number of rotatable bonds is 4. The molecular formula is C19H22N4O3. The summed E-state index contributed by atoms with van der Waals surface area (Å²) in [7, 11) is 0. The highest BCUT2D eigenvalue weighted by molar-refractivity contribution is 5.97. The molecule has 1 aliphatic heterocycles. The van der Waals surface area contributed by atoms with Gasteiger partial charge in [0.1, 0.15) is 0 Å². The van der Waals surface area contributed by atoms with Crippen LogP contribution in [0, 0.1) is 12.8 Å². The second-order valence-corrected chi connectivity index (χ2v) is 7.09. The van der Waals surface area contributed by atoms with Gasteiger partial charge in [-0.3, -0.25) is 9.59 Å². The van der Waals surface area contributed by atoms with Crippen LogP contribution >= 0.6 is 0 Å². The van der Waals surface area contributed by atoms with Crippen LogP contribution in [0.4, 0.5) is 5.69 Å². The summed E-state index contributed by atoms with van der Waals surface area (Å²) in [4.78, 5) is 31.0. The van der Waals surface area contributed by atoms with Crippen LogP contribution in [0.25, 0.3) is 11.4 Å². The highest BCUT2D eigenvalue weighted by Crippen LogP contribution is 2.30. The van der Waals surface area contributed by atoms with Gasteiger partial charge >= 0.3 is 0 Å². The third-order valence-corrected chi connectivity index (χ3v) is 5.21. The lowest BCUT2D eigenvalue weighted by Gasteiger charge is -2.23. The molecule has 1 N–H and O–H groups in total. The van der Waals surface area contributed by atoms with Gasteiger partial charge in [0.2, 0.25) is 23.5 Å². The zero-order valence-electron chi connectivity index (χ0n) is 14.8. The first-order valence-corrected chi connectivity index (χ1v) is 9.11. The normalized spacial score (nSPS) is 20.7. The Labute approximate surface area is 151 Å². The lowest BCUT2D eigenvalue weighted by molar-refractivity contribution is -0.129. The van der Waals surface area contributed by atoms with Gasteiger partial charge in [-0.25, -0.2) is 0 Å². The molecule has 26 heavy (non-hydrogen) atoms. The maximum Gasteiger partial charge on any atom is 0.229 e. The van der Waals surface area contributed by atoms with Gasteiger partial charge < -0.3 is 14.7 Å². The summed E-state index contributed by atoms with van der Waals surface area (Å²) in [6, 6.07) is 7.65. The van der Waals surface area contributed by atoms with E-state index >= 15 is 0 Å². The predicted octanol–water partition coefficient (Wildman–Crippen LogP) is 2.77. The Kier molecular flexibility index (Phi) is 4.44. The molecule has 7 nitrogen and oxygen atoms in total. The number of carbonyl (C=O) groups excluding carboxylic acids is 2. The number of anilines is 1. The maximum absolute atomic E-state index is 12.6. The Morgan fingerprint density at radius 1 is 1.31 bits per heavy atom. The number of hydrogen-bond acceptors (Lipinski definition) is 5. The Morgan fingerprint density at radius 3 is 2.85 bits per heavy atom. The van der Waals surface area contributed by atoms with Crippen molar-refractivity contribution in [1.29, 1.82) is 0 Å². The van der Waals surface area contributed by atoms with Crippen molar-refractivity contribution in [3.63, 3.8) is 0 Å². The zero-order chi connectivity index (χ0) is 18.1. The summed E-state index contributed by atoms with van der Waals surface area (Å²) >= 11 is 0. The molecule has 1 saturated heterocycles. The van der Waals surface area contributed by atoms with E-state index in [0.717, 1.165) is 18.4 Å². The van der Waals surface area contributed by atoms with Crippen molar-refractivity contribution in [2.45, 2.75) is 45.1 Å².